The highest BCUT2D eigenvalue weighted by Gasteiger charge is 2.63. The number of urea groups is 1. The van der Waals surface area contributed by atoms with Crippen LogP contribution in [-0.2, 0) is 9.53 Å². The summed E-state index contributed by atoms with van der Waals surface area (Å²) in [5, 5.41) is 3.08. The maximum atomic E-state index is 13.6. The number of rotatable bonds is 12. The van der Waals surface area contributed by atoms with Crippen LogP contribution in [0.3, 0.4) is 0 Å². The van der Waals surface area contributed by atoms with Crippen molar-refractivity contribution in [1.82, 2.24) is 15.1 Å². The number of nitrogens with zero attached hydrogens (tertiary/aromatic N) is 2. The summed E-state index contributed by atoms with van der Waals surface area (Å²) in [4.78, 5) is 42.9. The molecule has 3 rings (SSSR count). The molecular formula is C32H45N3O5. The Morgan fingerprint density at radius 3 is 2.15 bits per heavy atom. The smallest absolute Gasteiger partial charge is 0.338 e. The van der Waals surface area contributed by atoms with Crippen molar-refractivity contribution in [1.29, 1.82) is 0 Å². The van der Waals surface area contributed by atoms with Crippen LogP contribution >= 0.6 is 0 Å². The molecule has 1 saturated heterocycles. The topological polar surface area (TPSA) is 88.2 Å². The Labute approximate surface area is 239 Å². The number of benzene rings is 2. The molecule has 2 atom stereocenters. The first-order valence-corrected chi connectivity index (χ1v) is 14.3. The summed E-state index contributed by atoms with van der Waals surface area (Å²) in [6.45, 7) is 12.6. The zero-order valence-corrected chi connectivity index (χ0v) is 25.3. The van der Waals surface area contributed by atoms with E-state index in [9.17, 15) is 14.4 Å². The summed E-state index contributed by atoms with van der Waals surface area (Å²) in [6, 6.07) is 11.0. The first-order chi connectivity index (χ1) is 19.0. The number of carbonyl (C=O) groups is 3. The highest BCUT2D eigenvalue weighted by atomic mass is 16.5. The lowest BCUT2D eigenvalue weighted by Gasteiger charge is -2.53. The number of ether oxygens (including phenoxy) is 2. The monoisotopic (exact) mass is 551 g/mol. The van der Waals surface area contributed by atoms with Crippen LogP contribution in [0.1, 0.15) is 85.1 Å². The molecule has 218 valence electrons. The number of likely N-dealkylation sites (N-methyl/N-ethyl adjacent to an activating group) is 1. The Kier molecular flexibility index (Phi) is 10.4. The van der Waals surface area contributed by atoms with Gasteiger partial charge in [0.25, 0.3) is 0 Å². The Balaban J connectivity index is 1.84. The summed E-state index contributed by atoms with van der Waals surface area (Å²) < 4.78 is 11.9. The van der Waals surface area contributed by atoms with E-state index in [0.29, 0.717) is 48.4 Å². The van der Waals surface area contributed by atoms with E-state index in [1.807, 2.05) is 77.9 Å². The largest absolute Gasteiger partial charge is 0.469 e. The Bertz CT molecular complexity index is 1180. The standard InChI is InChI=1S/C32H45N3O5/c1-9-12-26(24-15-13-21(4)14-16-24)33-31(38)35-29(37)32(10-2,11-3)30(35)40-25-19-22(5)27(23(6)20-25)28(36)39-18-17-34(7)8/h13-16,19-20,26,30H,9-12,17-18H2,1-8H3,(H,33,38)/t26-,30-/m0/s1. The van der Waals surface area contributed by atoms with E-state index < -0.39 is 17.7 Å². The predicted molar refractivity (Wildman–Crippen MR) is 156 cm³/mol. The van der Waals surface area contributed by atoms with Gasteiger partial charge in [-0.15, -0.1) is 0 Å². The van der Waals surface area contributed by atoms with Gasteiger partial charge in [-0.05, 0) is 83.0 Å². The number of β-lactam (4-membered cyclic amide) rings is 1. The quantitative estimate of drug-likeness (QED) is 0.260. The normalized spacial score (nSPS) is 16.9. The molecule has 1 fully saturated rings. The number of imide groups is 1. The molecule has 3 amide bonds. The Hall–Kier alpha value is -3.39. The predicted octanol–water partition coefficient (Wildman–Crippen LogP) is 5.93. The second-order valence-electron chi connectivity index (χ2n) is 11.1. The minimum absolute atomic E-state index is 0.216. The number of nitrogens with one attached hydrogen (secondary N) is 1. The zero-order valence-electron chi connectivity index (χ0n) is 25.3. The van der Waals surface area contributed by atoms with Crippen molar-refractivity contribution in [3.63, 3.8) is 0 Å². The maximum absolute atomic E-state index is 13.6. The lowest BCUT2D eigenvalue weighted by atomic mass is 9.72. The SMILES string of the molecule is CCC[C@H](NC(=O)N1C(=O)C(CC)(CC)[C@@H]1Oc1cc(C)c(C(=O)OCCN(C)C)c(C)c1)c1ccc(C)cc1. The van der Waals surface area contributed by atoms with Crippen LogP contribution in [0.25, 0.3) is 0 Å². The fraction of sp³-hybridized carbons (Fsp3) is 0.531. The molecule has 0 aliphatic carbocycles. The number of esters is 1. The average molecular weight is 552 g/mol. The van der Waals surface area contributed by atoms with Crippen LogP contribution in [0, 0.1) is 26.2 Å². The van der Waals surface area contributed by atoms with Crippen molar-refractivity contribution in [2.24, 2.45) is 5.41 Å². The molecule has 40 heavy (non-hydrogen) atoms. The van der Waals surface area contributed by atoms with E-state index in [-0.39, 0.29) is 17.9 Å². The van der Waals surface area contributed by atoms with Gasteiger partial charge in [-0.3, -0.25) is 4.79 Å². The van der Waals surface area contributed by atoms with Gasteiger partial charge in [0, 0.05) is 6.54 Å². The van der Waals surface area contributed by atoms with Crippen molar-refractivity contribution < 1.29 is 23.9 Å². The maximum Gasteiger partial charge on any atom is 0.338 e. The third kappa shape index (κ3) is 6.49. The first-order valence-electron chi connectivity index (χ1n) is 14.3. The van der Waals surface area contributed by atoms with E-state index in [1.54, 1.807) is 12.1 Å². The minimum Gasteiger partial charge on any atom is -0.469 e. The number of hydrogen-bond donors (Lipinski definition) is 1. The third-order valence-electron chi connectivity index (χ3n) is 7.92. The molecule has 8 heteroatoms. The summed E-state index contributed by atoms with van der Waals surface area (Å²) in [6.07, 6.45) is 1.96. The fourth-order valence-electron chi connectivity index (χ4n) is 5.36. The van der Waals surface area contributed by atoms with Crippen molar-refractivity contribution in [2.75, 3.05) is 27.2 Å². The average Bonchev–Trinajstić information content (AvgIpc) is 2.89. The van der Waals surface area contributed by atoms with Gasteiger partial charge < -0.3 is 19.7 Å². The highest BCUT2D eigenvalue weighted by Crippen LogP contribution is 2.46. The molecule has 0 spiro atoms. The van der Waals surface area contributed by atoms with Crippen LogP contribution in [0.2, 0.25) is 0 Å². The van der Waals surface area contributed by atoms with Crippen LogP contribution in [-0.4, -0.2) is 61.2 Å². The molecule has 1 aliphatic heterocycles. The summed E-state index contributed by atoms with van der Waals surface area (Å²) in [7, 11) is 3.84. The molecule has 0 unspecified atom stereocenters. The minimum atomic E-state index is -0.799. The lowest BCUT2D eigenvalue weighted by molar-refractivity contribution is -0.191. The van der Waals surface area contributed by atoms with Crippen molar-refractivity contribution in [3.8, 4) is 5.75 Å². The number of carbonyl (C=O) groups excluding carboxylic acids is 3. The molecule has 0 aromatic heterocycles. The molecular weight excluding hydrogens is 506 g/mol. The number of hydrogen-bond acceptors (Lipinski definition) is 6. The fourth-order valence-corrected chi connectivity index (χ4v) is 5.36. The van der Waals surface area contributed by atoms with E-state index in [4.69, 9.17) is 9.47 Å². The highest BCUT2D eigenvalue weighted by molar-refractivity contribution is 6.03. The molecule has 1 aliphatic rings. The molecule has 1 N–H and O–H groups in total. The van der Waals surface area contributed by atoms with Crippen LogP contribution < -0.4 is 10.1 Å². The molecule has 1 heterocycles. The molecule has 0 radical (unpaired) electrons. The molecule has 2 aromatic carbocycles. The van der Waals surface area contributed by atoms with E-state index in [0.717, 1.165) is 24.0 Å². The van der Waals surface area contributed by atoms with Gasteiger partial charge >= 0.3 is 12.0 Å². The number of likely N-dealkylation sites (tertiary alicyclic amines) is 1. The van der Waals surface area contributed by atoms with Gasteiger partial charge in [0.15, 0.2) is 6.23 Å². The van der Waals surface area contributed by atoms with E-state index in [2.05, 4.69) is 12.2 Å². The van der Waals surface area contributed by atoms with Gasteiger partial charge in [0.2, 0.25) is 5.91 Å². The van der Waals surface area contributed by atoms with Gasteiger partial charge in [-0.2, -0.15) is 0 Å². The molecule has 8 nitrogen and oxygen atoms in total. The number of amides is 3. The molecule has 0 saturated carbocycles. The van der Waals surface area contributed by atoms with Crippen LogP contribution in [0.5, 0.6) is 5.75 Å². The summed E-state index contributed by atoms with van der Waals surface area (Å²) >= 11 is 0. The van der Waals surface area contributed by atoms with Gasteiger partial charge in [-0.25, -0.2) is 14.5 Å². The molecule has 0 bridgehead atoms. The van der Waals surface area contributed by atoms with Crippen LogP contribution in [0.15, 0.2) is 36.4 Å². The lowest BCUT2D eigenvalue weighted by Crippen LogP contribution is -2.73. The van der Waals surface area contributed by atoms with Crippen molar-refractivity contribution in [3.05, 3.63) is 64.2 Å². The van der Waals surface area contributed by atoms with Crippen molar-refractivity contribution in [2.45, 2.75) is 79.5 Å². The van der Waals surface area contributed by atoms with Gasteiger partial charge in [0.05, 0.1) is 11.6 Å². The van der Waals surface area contributed by atoms with E-state index >= 15 is 0 Å². The summed E-state index contributed by atoms with van der Waals surface area (Å²) in [5.74, 6) is -0.100. The van der Waals surface area contributed by atoms with Gasteiger partial charge in [0.1, 0.15) is 17.8 Å². The number of aryl methyl sites for hydroxylation is 3. The van der Waals surface area contributed by atoms with Gasteiger partial charge in [-0.1, -0.05) is 57.0 Å². The van der Waals surface area contributed by atoms with E-state index in [1.165, 1.54) is 4.90 Å². The Morgan fingerprint density at radius 2 is 1.62 bits per heavy atom. The van der Waals surface area contributed by atoms with Crippen LogP contribution in [0.4, 0.5) is 4.79 Å². The summed E-state index contributed by atoms with van der Waals surface area (Å²) in [5.41, 5.74) is 3.28. The Morgan fingerprint density at radius 1 is 1.02 bits per heavy atom. The second-order valence-corrected chi connectivity index (χ2v) is 11.1. The molecule has 2 aromatic rings. The van der Waals surface area contributed by atoms with Crippen molar-refractivity contribution >= 4 is 17.9 Å². The third-order valence-corrected chi connectivity index (χ3v) is 7.92. The first kappa shape index (κ1) is 31.1. The second kappa shape index (κ2) is 13.3. The zero-order chi connectivity index (χ0) is 29.6.